The van der Waals surface area contributed by atoms with E-state index in [1.54, 1.807) is 0 Å². The largest absolute Gasteiger partial charge is 0.325 e. The Morgan fingerprint density at radius 1 is 0.909 bits per heavy atom. The molecule has 1 aromatic heterocycles. The third-order valence-corrected chi connectivity index (χ3v) is 8.93. The molecule has 164 valence electrons. The highest BCUT2D eigenvalue weighted by atomic mass is 32.1. The van der Waals surface area contributed by atoms with Crippen molar-refractivity contribution in [2.75, 3.05) is 17.2 Å². The molecule has 4 aliphatic rings. The van der Waals surface area contributed by atoms with Crippen LogP contribution in [0.15, 0.2) is 66.0 Å². The van der Waals surface area contributed by atoms with Gasteiger partial charge in [-0.2, -0.15) is 0 Å². The second-order valence-corrected chi connectivity index (χ2v) is 10.2. The molecule has 0 aliphatic carbocycles. The fourth-order valence-corrected chi connectivity index (χ4v) is 7.81. The number of ketones is 1. The zero-order valence-corrected chi connectivity index (χ0v) is 18.5. The lowest BCUT2D eigenvalue weighted by atomic mass is 9.57. The molecule has 6 nitrogen and oxygen atoms in total. The van der Waals surface area contributed by atoms with Crippen LogP contribution in [0.25, 0.3) is 0 Å². The smallest absolute Gasteiger partial charge is 0.251 e. The topological polar surface area (TPSA) is 78.5 Å². The summed E-state index contributed by atoms with van der Waals surface area (Å²) in [5, 5.41) is 8.01. The molecule has 33 heavy (non-hydrogen) atoms. The first kappa shape index (κ1) is 19.2. The van der Waals surface area contributed by atoms with Crippen LogP contribution in [0, 0.1) is 5.92 Å². The lowest BCUT2D eigenvalue weighted by Gasteiger charge is -2.43. The van der Waals surface area contributed by atoms with E-state index in [9.17, 15) is 14.4 Å². The van der Waals surface area contributed by atoms with Crippen molar-refractivity contribution in [2.45, 2.75) is 29.8 Å². The van der Waals surface area contributed by atoms with Gasteiger partial charge in [0.15, 0.2) is 5.78 Å². The molecule has 0 bridgehead atoms. The van der Waals surface area contributed by atoms with E-state index in [1.165, 1.54) is 11.3 Å². The first-order valence-corrected chi connectivity index (χ1v) is 12.2. The second-order valence-electron chi connectivity index (χ2n) is 9.24. The Labute approximate surface area is 194 Å². The van der Waals surface area contributed by atoms with Crippen LogP contribution in [0.3, 0.4) is 0 Å². The number of anilines is 2. The number of benzene rings is 2. The molecule has 2 N–H and O–H groups in total. The first-order valence-electron chi connectivity index (χ1n) is 11.3. The Kier molecular flexibility index (Phi) is 3.72. The van der Waals surface area contributed by atoms with E-state index in [2.05, 4.69) is 15.5 Å². The zero-order chi connectivity index (χ0) is 22.4. The molecule has 0 radical (unpaired) electrons. The Morgan fingerprint density at radius 2 is 1.61 bits per heavy atom. The number of Topliss-reactive ketones (excluding diaryl/α,β-unsaturated/α-hetero) is 1. The van der Waals surface area contributed by atoms with Crippen molar-refractivity contribution in [1.82, 2.24) is 4.90 Å². The van der Waals surface area contributed by atoms with Crippen LogP contribution in [0.4, 0.5) is 11.4 Å². The average molecular weight is 456 g/mol. The van der Waals surface area contributed by atoms with Crippen molar-refractivity contribution in [3.8, 4) is 0 Å². The molecule has 2 amide bonds. The summed E-state index contributed by atoms with van der Waals surface area (Å²) in [6.45, 7) is 0.665. The summed E-state index contributed by atoms with van der Waals surface area (Å²) in [6.07, 6.45) is 1.66. The highest BCUT2D eigenvalue weighted by molar-refractivity contribution is 7.12. The van der Waals surface area contributed by atoms with E-state index in [0.29, 0.717) is 22.8 Å². The third-order valence-electron chi connectivity index (χ3n) is 8.05. The third kappa shape index (κ3) is 2.02. The molecular weight excluding hydrogens is 434 g/mol. The van der Waals surface area contributed by atoms with Crippen molar-refractivity contribution in [1.29, 1.82) is 0 Å². The molecule has 2 aromatic carbocycles. The van der Waals surface area contributed by atoms with Gasteiger partial charge in [0, 0.05) is 23.0 Å². The summed E-state index contributed by atoms with van der Waals surface area (Å²) in [5.74, 6) is -1.20. The maximum Gasteiger partial charge on any atom is 0.251 e. The summed E-state index contributed by atoms with van der Waals surface area (Å²) >= 11 is 1.39. The highest BCUT2D eigenvalue weighted by Crippen LogP contribution is 2.67. The van der Waals surface area contributed by atoms with Gasteiger partial charge in [-0.1, -0.05) is 42.5 Å². The molecular formula is C26H21N3O3S. The van der Waals surface area contributed by atoms with Crippen molar-refractivity contribution in [2.24, 2.45) is 5.92 Å². The molecule has 7 heteroatoms. The molecule has 2 fully saturated rings. The zero-order valence-electron chi connectivity index (χ0n) is 17.7. The molecule has 2 saturated heterocycles. The molecule has 5 heterocycles. The van der Waals surface area contributed by atoms with Gasteiger partial charge in [0.05, 0.1) is 10.8 Å². The SMILES string of the molecule is O=C(c1cccs1)[C@@H]1[C@H]2CCCN2[C@@]2(C(=O)Nc3ccccc32)[C@]12C(=O)Nc1ccccc12. The minimum atomic E-state index is -1.35. The number of thiophene rings is 1. The van der Waals surface area contributed by atoms with E-state index in [-0.39, 0.29) is 23.6 Å². The van der Waals surface area contributed by atoms with Crippen LogP contribution in [0.2, 0.25) is 0 Å². The fourth-order valence-electron chi connectivity index (χ4n) is 7.11. The summed E-state index contributed by atoms with van der Waals surface area (Å²) in [5.41, 5.74) is 0.297. The standard InChI is InChI=1S/C26H21N3O3S/c30-22(20-12-6-14-33-20)21-19-11-5-13-29(19)26(16-8-2-4-10-18(16)28-24(26)32)25(21)15-7-1-3-9-17(15)27-23(25)31/h1-4,6-10,12,14,19,21H,5,11,13H2,(H,27,31)(H,28,32)/t19-,21+,25+,26+/m1/s1. The van der Waals surface area contributed by atoms with E-state index in [1.807, 2.05) is 66.0 Å². The van der Waals surface area contributed by atoms with E-state index in [4.69, 9.17) is 0 Å². The number of fused-ring (bicyclic) bond motifs is 7. The Balaban J connectivity index is 1.62. The van der Waals surface area contributed by atoms with Crippen LogP contribution < -0.4 is 10.6 Å². The molecule has 3 aromatic rings. The first-order chi connectivity index (χ1) is 16.1. The average Bonchev–Trinajstić information content (AvgIpc) is 3.62. The number of amides is 2. The maximum atomic E-state index is 14.2. The minimum absolute atomic E-state index is 0.0530. The second kappa shape index (κ2) is 6.40. The Bertz CT molecular complexity index is 1350. The van der Waals surface area contributed by atoms with Gasteiger partial charge in [-0.3, -0.25) is 19.3 Å². The number of para-hydroxylation sites is 2. The van der Waals surface area contributed by atoms with Gasteiger partial charge < -0.3 is 10.6 Å². The van der Waals surface area contributed by atoms with E-state index >= 15 is 0 Å². The number of rotatable bonds is 2. The van der Waals surface area contributed by atoms with Gasteiger partial charge in [-0.05, 0) is 48.5 Å². The predicted octanol–water partition coefficient (Wildman–Crippen LogP) is 3.76. The summed E-state index contributed by atoms with van der Waals surface area (Å²) < 4.78 is 0. The van der Waals surface area contributed by atoms with Gasteiger partial charge >= 0.3 is 0 Å². The van der Waals surface area contributed by atoms with Crippen molar-refractivity contribution in [3.63, 3.8) is 0 Å². The molecule has 2 spiro atoms. The molecule has 4 atom stereocenters. The molecule has 0 saturated carbocycles. The number of carbonyl (C=O) groups excluding carboxylic acids is 3. The highest BCUT2D eigenvalue weighted by Gasteiger charge is 2.81. The van der Waals surface area contributed by atoms with Crippen LogP contribution in [-0.4, -0.2) is 35.1 Å². The summed E-state index contributed by atoms with van der Waals surface area (Å²) in [4.78, 5) is 45.4. The number of hydrogen-bond acceptors (Lipinski definition) is 5. The van der Waals surface area contributed by atoms with Crippen LogP contribution >= 0.6 is 11.3 Å². The number of nitrogens with one attached hydrogen (secondary N) is 2. The Hall–Kier alpha value is -3.29. The van der Waals surface area contributed by atoms with Crippen LogP contribution in [-0.2, 0) is 20.5 Å². The van der Waals surface area contributed by atoms with Gasteiger partial charge in [-0.15, -0.1) is 11.3 Å². The quantitative estimate of drug-likeness (QED) is 0.577. The lowest BCUT2D eigenvalue weighted by molar-refractivity contribution is -0.137. The lowest BCUT2D eigenvalue weighted by Crippen LogP contribution is -2.62. The minimum Gasteiger partial charge on any atom is -0.325 e. The monoisotopic (exact) mass is 455 g/mol. The van der Waals surface area contributed by atoms with E-state index in [0.717, 1.165) is 24.0 Å². The van der Waals surface area contributed by atoms with Crippen LogP contribution in [0.5, 0.6) is 0 Å². The fraction of sp³-hybridized carbons (Fsp3) is 0.269. The number of carbonyl (C=O) groups is 3. The number of hydrogen-bond donors (Lipinski definition) is 2. The molecule has 7 rings (SSSR count). The van der Waals surface area contributed by atoms with E-state index < -0.39 is 16.9 Å². The van der Waals surface area contributed by atoms with Crippen LogP contribution in [0.1, 0.15) is 33.6 Å². The van der Waals surface area contributed by atoms with Gasteiger partial charge in [-0.25, -0.2) is 0 Å². The van der Waals surface area contributed by atoms with Gasteiger partial charge in [0.25, 0.3) is 5.91 Å². The summed E-state index contributed by atoms with van der Waals surface area (Å²) in [6, 6.07) is 18.7. The van der Waals surface area contributed by atoms with Crippen molar-refractivity contribution in [3.05, 3.63) is 82.0 Å². The van der Waals surface area contributed by atoms with Crippen molar-refractivity contribution >= 4 is 40.3 Å². The predicted molar refractivity (Wildman–Crippen MR) is 125 cm³/mol. The van der Waals surface area contributed by atoms with Crippen molar-refractivity contribution < 1.29 is 14.4 Å². The molecule has 4 aliphatic heterocycles. The van der Waals surface area contributed by atoms with Gasteiger partial charge in [0.1, 0.15) is 11.0 Å². The normalized spacial score (nSPS) is 31.5. The maximum absolute atomic E-state index is 14.2. The Morgan fingerprint density at radius 3 is 2.36 bits per heavy atom. The molecule has 0 unspecified atom stereocenters. The van der Waals surface area contributed by atoms with Gasteiger partial charge in [0.2, 0.25) is 5.91 Å². The number of nitrogens with zero attached hydrogens (tertiary/aromatic N) is 1. The summed E-state index contributed by atoms with van der Waals surface area (Å²) in [7, 11) is 0.